The Bertz CT molecular complexity index is 1000. The highest BCUT2D eigenvalue weighted by molar-refractivity contribution is 5.91. The van der Waals surface area contributed by atoms with Crippen LogP contribution in [0.25, 0.3) is 22.3 Å². The van der Waals surface area contributed by atoms with Gasteiger partial charge in [-0.05, 0) is 30.3 Å². The van der Waals surface area contributed by atoms with Gasteiger partial charge in [-0.15, -0.1) is 0 Å². The van der Waals surface area contributed by atoms with Crippen molar-refractivity contribution in [3.05, 3.63) is 40.6 Å². The second-order valence-electron chi connectivity index (χ2n) is 5.36. The number of aromatic hydroxyl groups is 1. The van der Waals surface area contributed by atoms with Crippen molar-refractivity contribution in [1.82, 2.24) is 0 Å². The van der Waals surface area contributed by atoms with Gasteiger partial charge in [0, 0.05) is 5.56 Å². The van der Waals surface area contributed by atoms with Gasteiger partial charge in [-0.25, -0.2) is 0 Å². The van der Waals surface area contributed by atoms with Crippen molar-refractivity contribution in [2.75, 3.05) is 28.4 Å². The summed E-state index contributed by atoms with van der Waals surface area (Å²) >= 11 is 0. The summed E-state index contributed by atoms with van der Waals surface area (Å²) in [4.78, 5) is 13.0. The molecule has 1 aromatic heterocycles. The van der Waals surface area contributed by atoms with E-state index < -0.39 is 0 Å². The molecule has 136 valence electrons. The maximum atomic E-state index is 13.0. The molecule has 3 aromatic rings. The molecule has 2 aromatic carbocycles. The van der Waals surface area contributed by atoms with Crippen molar-refractivity contribution in [2.45, 2.75) is 0 Å². The lowest BCUT2D eigenvalue weighted by Crippen LogP contribution is -2.09. The summed E-state index contributed by atoms with van der Waals surface area (Å²) < 4.78 is 27.3. The average molecular weight is 358 g/mol. The zero-order chi connectivity index (χ0) is 18.8. The van der Waals surface area contributed by atoms with Gasteiger partial charge in [-0.3, -0.25) is 4.79 Å². The Morgan fingerprint density at radius 2 is 1.46 bits per heavy atom. The molecule has 26 heavy (non-hydrogen) atoms. The first kappa shape index (κ1) is 17.5. The Labute approximate surface area is 149 Å². The SMILES string of the molecule is COc1cc2c(=O)c(OC)c(-c3ccc(O)cc3)oc2c(OC)c1OC. The first-order chi connectivity index (χ1) is 12.5. The number of hydrogen-bond acceptors (Lipinski definition) is 7. The Morgan fingerprint density at radius 3 is 2.00 bits per heavy atom. The number of ether oxygens (including phenoxy) is 4. The summed E-state index contributed by atoms with van der Waals surface area (Å²) in [6, 6.07) is 7.74. The minimum atomic E-state index is -0.379. The van der Waals surface area contributed by atoms with Gasteiger partial charge >= 0.3 is 0 Å². The Balaban J connectivity index is 2.44. The van der Waals surface area contributed by atoms with Gasteiger partial charge in [0.15, 0.2) is 17.1 Å². The maximum absolute atomic E-state index is 13.0. The van der Waals surface area contributed by atoms with Crippen molar-refractivity contribution in [3.8, 4) is 40.1 Å². The number of hydrogen-bond donors (Lipinski definition) is 1. The molecule has 0 bridgehead atoms. The molecule has 0 fully saturated rings. The Kier molecular flexibility index (Phi) is 4.62. The summed E-state index contributed by atoms with van der Waals surface area (Å²) in [5.41, 5.74) is 0.394. The van der Waals surface area contributed by atoms with E-state index in [1.165, 1.54) is 46.6 Å². The van der Waals surface area contributed by atoms with Crippen LogP contribution in [0.4, 0.5) is 0 Å². The van der Waals surface area contributed by atoms with E-state index in [1.54, 1.807) is 12.1 Å². The highest BCUT2D eigenvalue weighted by Gasteiger charge is 2.24. The smallest absolute Gasteiger partial charge is 0.235 e. The van der Waals surface area contributed by atoms with Crippen LogP contribution >= 0.6 is 0 Å². The van der Waals surface area contributed by atoms with E-state index in [0.29, 0.717) is 17.1 Å². The van der Waals surface area contributed by atoms with E-state index in [-0.39, 0.29) is 39.4 Å². The van der Waals surface area contributed by atoms with E-state index in [0.717, 1.165) is 0 Å². The van der Waals surface area contributed by atoms with Crippen molar-refractivity contribution < 1.29 is 28.5 Å². The number of fused-ring (bicyclic) bond motifs is 1. The van der Waals surface area contributed by atoms with Gasteiger partial charge in [0.2, 0.25) is 22.7 Å². The van der Waals surface area contributed by atoms with Crippen LogP contribution in [-0.2, 0) is 0 Å². The molecule has 0 atom stereocenters. The molecule has 0 unspecified atom stereocenters. The van der Waals surface area contributed by atoms with Crippen LogP contribution in [0.5, 0.6) is 28.7 Å². The average Bonchev–Trinajstić information content (AvgIpc) is 2.67. The van der Waals surface area contributed by atoms with Crippen molar-refractivity contribution in [2.24, 2.45) is 0 Å². The minimum absolute atomic E-state index is 0.0393. The predicted octanol–water partition coefficient (Wildman–Crippen LogP) is 3.20. The lowest BCUT2D eigenvalue weighted by molar-refractivity contribution is 0.323. The molecule has 0 aliphatic heterocycles. The molecule has 0 amide bonds. The van der Waals surface area contributed by atoms with Gasteiger partial charge in [-0.1, -0.05) is 0 Å². The molecular weight excluding hydrogens is 340 g/mol. The monoisotopic (exact) mass is 358 g/mol. The number of rotatable bonds is 5. The Morgan fingerprint density at radius 1 is 0.846 bits per heavy atom. The summed E-state index contributed by atoms with van der Waals surface area (Å²) in [5, 5.41) is 9.73. The van der Waals surface area contributed by atoms with Crippen LogP contribution in [0.2, 0.25) is 0 Å². The van der Waals surface area contributed by atoms with E-state index in [4.69, 9.17) is 23.4 Å². The minimum Gasteiger partial charge on any atom is -0.508 e. The highest BCUT2D eigenvalue weighted by atomic mass is 16.5. The topological polar surface area (TPSA) is 87.4 Å². The van der Waals surface area contributed by atoms with E-state index >= 15 is 0 Å². The number of phenolic OH excluding ortho intramolecular Hbond substituents is 1. The van der Waals surface area contributed by atoms with E-state index in [1.807, 2.05) is 0 Å². The normalized spacial score (nSPS) is 10.6. The fraction of sp³-hybridized carbons (Fsp3) is 0.211. The second kappa shape index (κ2) is 6.87. The van der Waals surface area contributed by atoms with Crippen LogP contribution in [0.1, 0.15) is 0 Å². The molecule has 3 rings (SSSR count). The quantitative estimate of drug-likeness (QED) is 0.749. The van der Waals surface area contributed by atoms with Crippen molar-refractivity contribution >= 4 is 11.0 Å². The molecule has 0 aliphatic rings. The first-order valence-corrected chi connectivity index (χ1v) is 7.68. The molecule has 1 N–H and O–H groups in total. The Hall–Kier alpha value is -3.35. The number of phenols is 1. The number of methoxy groups -OCH3 is 4. The van der Waals surface area contributed by atoms with Gasteiger partial charge in [0.1, 0.15) is 5.75 Å². The number of benzene rings is 2. The third-order valence-corrected chi connectivity index (χ3v) is 3.98. The van der Waals surface area contributed by atoms with E-state index in [9.17, 15) is 9.90 Å². The van der Waals surface area contributed by atoms with E-state index in [2.05, 4.69) is 0 Å². The summed E-state index contributed by atoms with van der Waals surface area (Å²) in [6.45, 7) is 0. The fourth-order valence-corrected chi connectivity index (χ4v) is 2.76. The van der Waals surface area contributed by atoms with Crippen LogP contribution in [0.3, 0.4) is 0 Å². The molecule has 0 aliphatic carbocycles. The molecule has 7 heteroatoms. The third-order valence-electron chi connectivity index (χ3n) is 3.98. The van der Waals surface area contributed by atoms with Crippen LogP contribution in [-0.4, -0.2) is 33.5 Å². The van der Waals surface area contributed by atoms with Crippen LogP contribution in [0.15, 0.2) is 39.5 Å². The lowest BCUT2D eigenvalue weighted by Gasteiger charge is -2.15. The largest absolute Gasteiger partial charge is 0.508 e. The molecular formula is C19H18O7. The summed E-state index contributed by atoms with van der Waals surface area (Å²) in [7, 11) is 5.77. The fourth-order valence-electron chi connectivity index (χ4n) is 2.76. The van der Waals surface area contributed by atoms with Crippen LogP contribution < -0.4 is 24.4 Å². The predicted molar refractivity (Wildman–Crippen MR) is 95.8 cm³/mol. The zero-order valence-corrected chi connectivity index (χ0v) is 14.8. The van der Waals surface area contributed by atoms with Gasteiger partial charge in [-0.2, -0.15) is 0 Å². The van der Waals surface area contributed by atoms with Crippen LogP contribution in [0, 0.1) is 0 Å². The standard InChI is InChI=1S/C19H18O7/c1-22-13-9-12-14(21)18(24-3)15(10-5-7-11(20)8-6-10)26-16(12)19(25-4)17(13)23-2/h5-9,20H,1-4H3. The second-order valence-corrected chi connectivity index (χ2v) is 5.36. The molecule has 7 nitrogen and oxygen atoms in total. The van der Waals surface area contributed by atoms with Crippen molar-refractivity contribution in [3.63, 3.8) is 0 Å². The van der Waals surface area contributed by atoms with Crippen molar-refractivity contribution in [1.29, 1.82) is 0 Å². The molecule has 0 saturated heterocycles. The molecule has 1 heterocycles. The first-order valence-electron chi connectivity index (χ1n) is 7.68. The molecule has 0 radical (unpaired) electrons. The zero-order valence-electron chi connectivity index (χ0n) is 14.8. The highest BCUT2D eigenvalue weighted by Crippen LogP contribution is 2.44. The molecule has 0 saturated carbocycles. The summed E-state index contributed by atoms with van der Waals surface area (Å²) in [5.74, 6) is 1.24. The van der Waals surface area contributed by atoms with Gasteiger partial charge in [0.25, 0.3) is 0 Å². The molecule has 0 spiro atoms. The van der Waals surface area contributed by atoms with Gasteiger partial charge < -0.3 is 28.5 Å². The third kappa shape index (κ3) is 2.67. The maximum Gasteiger partial charge on any atom is 0.235 e. The van der Waals surface area contributed by atoms with Gasteiger partial charge in [0.05, 0.1) is 33.8 Å². The summed E-state index contributed by atoms with van der Waals surface area (Å²) in [6.07, 6.45) is 0. The lowest BCUT2D eigenvalue weighted by atomic mass is 10.1.